The highest BCUT2D eigenvalue weighted by Crippen LogP contribution is 2.36. The van der Waals surface area contributed by atoms with Crippen molar-refractivity contribution in [1.29, 1.82) is 0 Å². The molecule has 0 aromatic carbocycles. The first-order chi connectivity index (χ1) is 11.4. The maximum atomic E-state index is 12.8. The van der Waals surface area contributed by atoms with Crippen LogP contribution >= 0.6 is 0 Å². The summed E-state index contributed by atoms with van der Waals surface area (Å²) in [4.78, 5) is 15.7. The number of aromatic nitrogens is 1. The summed E-state index contributed by atoms with van der Waals surface area (Å²) in [6.07, 6.45) is 0.207. The number of carbonyl (C=O) groups excluding carboxylic acids is 1. The highest BCUT2D eigenvalue weighted by Gasteiger charge is 2.33. The van der Waals surface area contributed by atoms with E-state index in [-0.39, 0.29) is 17.8 Å². The lowest BCUT2D eigenvalue weighted by molar-refractivity contribution is -0.150. The average molecular weight is 341 g/mol. The van der Waals surface area contributed by atoms with Crippen LogP contribution < -0.4 is 0 Å². The Morgan fingerprint density at radius 2 is 2.12 bits per heavy atom. The Morgan fingerprint density at radius 1 is 1.38 bits per heavy atom. The molecule has 0 fully saturated rings. The van der Waals surface area contributed by atoms with Crippen LogP contribution in [0.25, 0.3) is 5.57 Å². The van der Waals surface area contributed by atoms with Gasteiger partial charge in [-0.25, -0.2) is 4.98 Å². The number of halogens is 3. The van der Waals surface area contributed by atoms with Crippen molar-refractivity contribution >= 4 is 11.5 Å². The van der Waals surface area contributed by atoms with Crippen LogP contribution in [0.1, 0.15) is 50.9 Å². The molecular formula is C18H22F3NO2. The lowest BCUT2D eigenvalue weighted by Crippen LogP contribution is -2.26. The number of alkyl halides is 3. The van der Waals surface area contributed by atoms with E-state index < -0.39 is 11.9 Å². The van der Waals surface area contributed by atoms with Gasteiger partial charge in [0, 0.05) is 0 Å². The molecule has 6 heteroatoms. The maximum absolute atomic E-state index is 12.8. The lowest BCUT2D eigenvalue weighted by Gasteiger charge is -2.27. The van der Waals surface area contributed by atoms with Crippen LogP contribution in [0.4, 0.5) is 13.2 Å². The zero-order valence-corrected chi connectivity index (χ0v) is 13.9. The van der Waals surface area contributed by atoms with Crippen molar-refractivity contribution in [2.24, 2.45) is 11.8 Å². The number of carbonyl (C=O) groups is 1. The molecule has 132 valence electrons. The van der Waals surface area contributed by atoms with Crippen LogP contribution in [-0.4, -0.2) is 17.6 Å². The van der Waals surface area contributed by atoms with Crippen LogP contribution in [0.2, 0.25) is 0 Å². The first-order valence-corrected chi connectivity index (χ1v) is 8.27. The van der Waals surface area contributed by atoms with Gasteiger partial charge in [0.2, 0.25) is 0 Å². The Balaban J connectivity index is 2.12. The summed E-state index contributed by atoms with van der Waals surface area (Å²) < 4.78 is 43.4. The summed E-state index contributed by atoms with van der Waals surface area (Å²) in [5, 5.41) is 0. The average Bonchev–Trinajstić information content (AvgIpc) is 2.56. The van der Waals surface area contributed by atoms with Crippen molar-refractivity contribution in [2.75, 3.05) is 6.61 Å². The normalized spacial score (nSPS) is 19.5. The Labute approximate surface area is 139 Å². The van der Waals surface area contributed by atoms with Gasteiger partial charge < -0.3 is 4.74 Å². The van der Waals surface area contributed by atoms with Crippen molar-refractivity contribution in [3.63, 3.8) is 0 Å². The predicted molar refractivity (Wildman–Crippen MR) is 85.0 cm³/mol. The van der Waals surface area contributed by atoms with Crippen LogP contribution in [-0.2, 0) is 15.7 Å². The maximum Gasteiger partial charge on any atom is 0.433 e. The third-order valence-electron chi connectivity index (χ3n) is 4.42. The number of pyridine rings is 1. The number of rotatable bonds is 5. The quantitative estimate of drug-likeness (QED) is 0.717. The van der Waals surface area contributed by atoms with E-state index in [1.54, 1.807) is 13.0 Å². The first kappa shape index (κ1) is 18.5. The minimum atomic E-state index is -4.44. The fourth-order valence-corrected chi connectivity index (χ4v) is 3.17. The minimum Gasteiger partial charge on any atom is -0.466 e. The van der Waals surface area contributed by atoms with E-state index in [9.17, 15) is 18.0 Å². The molecule has 0 spiro atoms. The minimum absolute atomic E-state index is 0.155. The molecule has 0 bridgehead atoms. The highest BCUT2D eigenvalue weighted by molar-refractivity contribution is 5.73. The van der Waals surface area contributed by atoms with Gasteiger partial charge in [0.25, 0.3) is 0 Å². The molecule has 3 nitrogen and oxygen atoms in total. The van der Waals surface area contributed by atoms with Crippen molar-refractivity contribution in [2.45, 2.75) is 45.7 Å². The van der Waals surface area contributed by atoms with Crippen LogP contribution in [0.3, 0.4) is 0 Å². The summed E-state index contributed by atoms with van der Waals surface area (Å²) in [6, 6.07) is 3.96. The van der Waals surface area contributed by atoms with Crippen molar-refractivity contribution < 1.29 is 22.7 Å². The molecular weight excluding hydrogens is 319 g/mol. The summed E-state index contributed by atoms with van der Waals surface area (Å²) in [5.74, 6) is -0.167. The molecule has 0 radical (unpaired) electrons. The molecule has 2 rings (SSSR count). The van der Waals surface area contributed by atoms with Gasteiger partial charge in [0.05, 0.1) is 18.2 Å². The van der Waals surface area contributed by atoms with E-state index in [1.807, 2.05) is 13.0 Å². The SMILES string of the molecule is CCOC(=O)C(CC)C1CC=C(c2cccc(C(F)(F)F)n2)CC1. The molecule has 0 saturated heterocycles. The van der Waals surface area contributed by atoms with E-state index in [0.29, 0.717) is 31.6 Å². The van der Waals surface area contributed by atoms with Crippen molar-refractivity contribution in [3.05, 3.63) is 35.7 Å². The first-order valence-electron chi connectivity index (χ1n) is 8.27. The number of allylic oxidation sites excluding steroid dienone is 2. The summed E-state index contributed by atoms with van der Waals surface area (Å²) in [5.41, 5.74) is 0.310. The Morgan fingerprint density at radius 3 is 2.67 bits per heavy atom. The molecule has 1 aliphatic rings. The molecule has 2 atom stereocenters. The third kappa shape index (κ3) is 4.36. The van der Waals surface area contributed by atoms with Gasteiger partial charge in [-0.2, -0.15) is 13.2 Å². The Kier molecular flexibility index (Phi) is 6.02. The highest BCUT2D eigenvalue weighted by atomic mass is 19.4. The molecule has 24 heavy (non-hydrogen) atoms. The summed E-state index contributed by atoms with van der Waals surface area (Å²) in [6.45, 7) is 4.09. The molecule has 1 aromatic heterocycles. The molecule has 0 aliphatic heterocycles. The Hall–Kier alpha value is -1.85. The molecule has 1 aromatic rings. The van der Waals surface area contributed by atoms with Gasteiger partial charge in [-0.15, -0.1) is 0 Å². The zero-order valence-electron chi connectivity index (χ0n) is 13.9. The van der Waals surface area contributed by atoms with E-state index in [1.165, 1.54) is 6.07 Å². The zero-order chi connectivity index (χ0) is 17.7. The van der Waals surface area contributed by atoms with Crippen LogP contribution in [0.15, 0.2) is 24.3 Å². The van der Waals surface area contributed by atoms with Gasteiger partial charge in [0.1, 0.15) is 5.69 Å². The molecule has 1 heterocycles. The van der Waals surface area contributed by atoms with Crippen LogP contribution in [0.5, 0.6) is 0 Å². The van der Waals surface area contributed by atoms with Gasteiger partial charge in [-0.1, -0.05) is 19.1 Å². The van der Waals surface area contributed by atoms with Gasteiger partial charge in [-0.3, -0.25) is 4.79 Å². The van der Waals surface area contributed by atoms with E-state index >= 15 is 0 Å². The van der Waals surface area contributed by atoms with Gasteiger partial charge in [0.15, 0.2) is 0 Å². The second-order valence-electron chi connectivity index (χ2n) is 5.94. The topological polar surface area (TPSA) is 39.2 Å². The molecule has 0 amide bonds. The summed E-state index contributed by atoms with van der Waals surface area (Å²) in [7, 11) is 0. The largest absolute Gasteiger partial charge is 0.466 e. The number of nitrogens with zero attached hydrogens (tertiary/aromatic N) is 1. The van der Waals surface area contributed by atoms with Gasteiger partial charge in [-0.05, 0) is 56.2 Å². The molecule has 2 unspecified atom stereocenters. The van der Waals surface area contributed by atoms with Crippen LogP contribution in [0, 0.1) is 11.8 Å². The molecule has 0 saturated carbocycles. The predicted octanol–water partition coefficient (Wildman–Crippen LogP) is 4.87. The Bertz CT molecular complexity index is 611. The summed E-state index contributed by atoms with van der Waals surface area (Å²) >= 11 is 0. The van der Waals surface area contributed by atoms with Gasteiger partial charge >= 0.3 is 12.1 Å². The fraction of sp³-hybridized carbons (Fsp3) is 0.556. The van der Waals surface area contributed by atoms with E-state index in [4.69, 9.17) is 4.74 Å². The standard InChI is InChI=1S/C18H22F3NO2/c1-3-14(17(23)24-4-2)12-8-10-13(11-9-12)15-6-5-7-16(22-15)18(19,20)21/h5-7,10,12,14H,3-4,8-9,11H2,1-2H3. The van der Waals surface area contributed by atoms with E-state index in [0.717, 1.165) is 18.1 Å². The number of ether oxygens (including phenoxy) is 1. The molecule has 0 N–H and O–H groups in total. The van der Waals surface area contributed by atoms with E-state index in [2.05, 4.69) is 4.98 Å². The molecule has 1 aliphatic carbocycles. The second-order valence-corrected chi connectivity index (χ2v) is 5.94. The van der Waals surface area contributed by atoms with Crippen molar-refractivity contribution in [3.8, 4) is 0 Å². The number of esters is 1. The monoisotopic (exact) mass is 341 g/mol. The second kappa shape index (κ2) is 7.81. The third-order valence-corrected chi connectivity index (χ3v) is 4.42. The smallest absolute Gasteiger partial charge is 0.433 e. The fourth-order valence-electron chi connectivity index (χ4n) is 3.17. The number of hydrogen-bond donors (Lipinski definition) is 0. The lowest BCUT2D eigenvalue weighted by atomic mass is 9.79. The van der Waals surface area contributed by atoms with Crippen molar-refractivity contribution in [1.82, 2.24) is 4.98 Å². The number of hydrogen-bond acceptors (Lipinski definition) is 3.